The van der Waals surface area contributed by atoms with Gasteiger partial charge in [0.15, 0.2) is 0 Å². The number of benzene rings is 1. The largest absolute Gasteiger partial charge is 0.508 e. The number of allylic oxidation sites excluding steroid dienone is 2. The maximum atomic E-state index is 9.91. The van der Waals surface area contributed by atoms with Gasteiger partial charge < -0.3 is 14.8 Å². The lowest BCUT2D eigenvalue weighted by Crippen LogP contribution is -2.32. The van der Waals surface area contributed by atoms with Crippen molar-refractivity contribution in [3.8, 4) is 5.75 Å². The van der Waals surface area contributed by atoms with E-state index in [4.69, 9.17) is 4.65 Å². The van der Waals surface area contributed by atoms with Crippen LogP contribution in [0.4, 0.5) is 0 Å². The Bertz CT molecular complexity index is 658. The van der Waals surface area contributed by atoms with Crippen molar-refractivity contribution >= 4 is 13.2 Å². The minimum atomic E-state index is -0.723. The van der Waals surface area contributed by atoms with Gasteiger partial charge >= 0.3 is 7.12 Å². The summed E-state index contributed by atoms with van der Waals surface area (Å²) in [6.45, 7) is 10.7. The summed E-state index contributed by atoms with van der Waals surface area (Å²) in [5, 5.41) is 19.4. The van der Waals surface area contributed by atoms with E-state index in [1.54, 1.807) is 12.1 Å². The number of rotatable bonds is 8. The van der Waals surface area contributed by atoms with Gasteiger partial charge in [-0.3, -0.25) is 0 Å². The fourth-order valence-corrected chi connectivity index (χ4v) is 3.29. The van der Waals surface area contributed by atoms with E-state index in [0.29, 0.717) is 12.2 Å². The van der Waals surface area contributed by atoms with Crippen molar-refractivity contribution < 1.29 is 14.8 Å². The van der Waals surface area contributed by atoms with Crippen LogP contribution in [0.5, 0.6) is 5.75 Å². The van der Waals surface area contributed by atoms with Crippen molar-refractivity contribution in [1.29, 1.82) is 0 Å². The molecule has 0 amide bonds. The molecule has 3 nitrogen and oxygen atoms in total. The Labute approximate surface area is 158 Å². The second-order valence-electron chi connectivity index (χ2n) is 7.34. The molecule has 2 rings (SSSR count). The summed E-state index contributed by atoms with van der Waals surface area (Å²) in [7, 11) is -0.723. The summed E-state index contributed by atoms with van der Waals surface area (Å²) < 4.78 is 5.83. The minimum Gasteiger partial charge on any atom is -0.508 e. The van der Waals surface area contributed by atoms with Crippen LogP contribution in [0.1, 0.15) is 52.0 Å². The Kier molecular flexibility index (Phi) is 7.74. The summed E-state index contributed by atoms with van der Waals surface area (Å²) >= 11 is 0. The molecule has 0 aromatic heterocycles. The maximum absolute atomic E-state index is 9.91. The Balaban J connectivity index is 2.10. The second kappa shape index (κ2) is 9.79. The van der Waals surface area contributed by atoms with Crippen molar-refractivity contribution in [3.63, 3.8) is 0 Å². The van der Waals surface area contributed by atoms with Crippen LogP contribution in [0.3, 0.4) is 0 Å². The highest BCUT2D eigenvalue weighted by Gasteiger charge is 2.28. The zero-order valence-electron chi connectivity index (χ0n) is 16.2. The minimum absolute atomic E-state index is 0.103. The molecule has 0 saturated carbocycles. The van der Waals surface area contributed by atoms with E-state index in [1.165, 1.54) is 5.57 Å². The third-order valence-electron chi connectivity index (χ3n) is 4.84. The van der Waals surface area contributed by atoms with Crippen LogP contribution in [-0.4, -0.2) is 23.4 Å². The Morgan fingerprint density at radius 1 is 1.31 bits per heavy atom. The molecule has 0 saturated heterocycles. The average molecular weight is 354 g/mol. The first-order chi connectivity index (χ1) is 12.4. The number of hydrogen-bond donors (Lipinski definition) is 2. The molecule has 1 atom stereocenters. The van der Waals surface area contributed by atoms with E-state index in [1.807, 2.05) is 12.1 Å². The number of phenols is 1. The van der Waals surface area contributed by atoms with E-state index in [2.05, 4.69) is 39.5 Å². The van der Waals surface area contributed by atoms with Crippen LogP contribution in [0.2, 0.25) is 6.32 Å². The average Bonchev–Trinajstić information content (AvgIpc) is 2.61. The molecule has 4 heteroatoms. The smallest absolute Gasteiger partial charge is 0.458 e. The van der Waals surface area contributed by atoms with Gasteiger partial charge in [0.2, 0.25) is 0 Å². The highest BCUT2D eigenvalue weighted by molar-refractivity contribution is 6.43. The van der Waals surface area contributed by atoms with Gasteiger partial charge in [0.05, 0.1) is 6.10 Å². The van der Waals surface area contributed by atoms with E-state index < -0.39 is 7.12 Å². The predicted octanol–water partition coefficient (Wildman–Crippen LogP) is 5.37. The third-order valence-corrected chi connectivity index (χ3v) is 4.84. The van der Waals surface area contributed by atoms with E-state index in [0.717, 1.165) is 42.4 Å². The number of phenolic OH excluding ortho intramolecular Hbond substituents is 1. The topological polar surface area (TPSA) is 49.7 Å². The molecule has 0 aliphatic carbocycles. The fourth-order valence-electron chi connectivity index (χ4n) is 3.29. The molecule has 0 bridgehead atoms. The van der Waals surface area contributed by atoms with Gasteiger partial charge in [-0.05, 0) is 54.0 Å². The Morgan fingerprint density at radius 3 is 2.62 bits per heavy atom. The summed E-state index contributed by atoms with van der Waals surface area (Å²) in [5.74, 6) is 0.649. The fraction of sp³-hybridized carbons (Fsp3) is 0.455. The monoisotopic (exact) mass is 354 g/mol. The first-order valence-corrected chi connectivity index (χ1v) is 9.62. The Hall–Kier alpha value is -1.78. The predicted molar refractivity (Wildman–Crippen MR) is 110 cm³/mol. The molecule has 1 aliphatic rings. The van der Waals surface area contributed by atoms with Gasteiger partial charge in [-0.1, -0.05) is 63.6 Å². The van der Waals surface area contributed by atoms with Gasteiger partial charge in [0.25, 0.3) is 0 Å². The zero-order chi connectivity index (χ0) is 19.1. The van der Waals surface area contributed by atoms with E-state index >= 15 is 0 Å². The van der Waals surface area contributed by atoms with Crippen molar-refractivity contribution in [2.45, 2.75) is 58.9 Å². The molecule has 1 aromatic rings. The molecule has 0 radical (unpaired) electrons. The standard InChI is InChI=1S/C22H31BO3/c1-5-6-18(15-19-7-10-20(24)11-8-19)9-12-22-21(17(4)16(2)3)13-14-23(25)26-22/h7-8,10-11,13,15-16,22,24-25H,4-6,9,12,14H2,1-3H3/b18-15+. The SMILES string of the molecule is C=C(C1=CCB(O)OC1CC/C(=C/c1ccc(O)cc1)CCC)C(C)C. The van der Waals surface area contributed by atoms with Crippen molar-refractivity contribution in [2.24, 2.45) is 5.92 Å². The highest BCUT2D eigenvalue weighted by Crippen LogP contribution is 2.31. The van der Waals surface area contributed by atoms with Crippen LogP contribution in [0.15, 0.2) is 53.6 Å². The van der Waals surface area contributed by atoms with Crippen LogP contribution < -0.4 is 0 Å². The Morgan fingerprint density at radius 2 is 2.00 bits per heavy atom. The van der Waals surface area contributed by atoms with Gasteiger partial charge in [0, 0.05) is 6.32 Å². The number of aromatic hydroxyl groups is 1. The van der Waals surface area contributed by atoms with Gasteiger partial charge in [-0.15, -0.1) is 0 Å². The van der Waals surface area contributed by atoms with Crippen molar-refractivity contribution in [1.82, 2.24) is 0 Å². The molecule has 2 N–H and O–H groups in total. The maximum Gasteiger partial charge on any atom is 0.458 e. The molecule has 140 valence electrons. The molecular formula is C22H31BO3. The lowest BCUT2D eigenvalue weighted by molar-refractivity contribution is 0.182. The molecule has 26 heavy (non-hydrogen) atoms. The van der Waals surface area contributed by atoms with Crippen molar-refractivity contribution in [2.75, 3.05) is 0 Å². The summed E-state index contributed by atoms with van der Waals surface area (Å²) in [5.41, 5.74) is 4.70. The molecule has 1 unspecified atom stereocenters. The lowest BCUT2D eigenvalue weighted by Gasteiger charge is -2.29. The van der Waals surface area contributed by atoms with Gasteiger partial charge in [-0.25, -0.2) is 0 Å². The summed E-state index contributed by atoms with van der Waals surface area (Å²) in [6.07, 6.45) is 8.57. The molecule has 1 aliphatic heterocycles. The second-order valence-corrected chi connectivity index (χ2v) is 7.34. The molecule has 0 fully saturated rings. The summed E-state index contributed by atoms with van der Waals surface area (Å²) in [6, 6.07) is 7.28. The van der Waals surface area contributed by atoms with Crippen LogP contribution in [-0.2, 0) is 4.65 Å². The van der Waals surface area contributed by atoms with E-state index in [9.17, 15) is 10.1 Å². The third kappa shape index (κ3) is 5.89. The van der Waals surface area contributed by atoms with Gasteiger partial charge in [-0.2, -0.15) is 0 Å². The van der Waals surface area contributed by atoms with Crippen LogP contribution >= 0.6 is 0 Å². The highest BCUT2D eigenvalue weighted by atomic mass is 16.5. The van der Waals surface area contributed by atoms with Crippen molar-refractivity contribution in [3.05, 3.63) is 59.2 Å². The quantitative estimate of drug-likeness (QED) is 0.617. The molecule has 1 aromatic carbocycles. The first-order valence-electron chi connectivity index (χ1n) is 9.62. The van der Waals surface area contributed by atoms with Gasteiger partial charge in [0.1, 0.15) is 5.75 Å². The lowest BCUT2D eigenvalue weighted by atomic mass is 9.76. The van der Waals surface area contributed by atoms with Crippen LogP contribution in [0, 0.1) is 5.92 Å². The normalized spacial score (nSPS) is 18.2. The van der Waals surface area contributed by atoms with E-state index in [-0.39, 0.29) is 11.9 Å². The molecular weight excluding hydrogens is 323 g/mol. The molecule has 1 heterocycles. The first kappa shape index (κ1) is 20.5. The van der Waals surface area contributed by atoms with Crippen LogP contribution in [0.25, 0.3) is 6.08 Å². The number of hydrogen-bond acceptors (Lipinski definition) is 3. The molecule has 0 spiro atoms. The zero-order valence-corrected chi connectivity index (χ0v) is 16.2. The summed E-state index contributed by atoms with van der Waals surface area (Å²) in [4.78, 5) is 0.